The molecule has 0 aliphatic carbocycles. The normalized spacial score (nSPS) is 14.2. The Morgan fingerprint density at radius 2 is 2.29 bits per heavy atom. The first-order valence-corrected chi connectivity index (χ1v) is 6.39. The van der Waals surface area contributed by atoms with E-state index < -0.39 is 0 Å². The summed E-state index contributed by atoms with van der Waals surface area (Å²) in [5.41, 5.74) is 0. The van der Waals surface area contributed by atoms with Gasteiger partial charge in [-0.3, -0.25) is 9.48 Å². The summed E-state index contributed by atoms with van der Waals surface area (Å²) in [6, 6.07) is 5.58. The van der Waals surface area contributed by atoms with Gasteiger partial charge in [0.25, 0.3) is 0 Å². The topological polar surface area (TPSA) is 46.9 Å². The molecular weight excluding hydrogens is 234 g/mol. The number of amides is 1. The number of hydrogen-bond donors (Lipinski definition) is 1. The number of carbonyl (C=O) groups excluding carboxylic acids is 1. The Bertz CT molecular complexity index is 464. The molecule has 1 amide bonds. The molecule has 2 atom stereocenters. The molecule has 0 saturated carbocycles. The van der Waals surface area contributed by atoms with Gasteiger partial charge in [0.05, 0.1) is 6.04 Å². The Balaban J connectivity index is 1.98. The number of nitrogens with zero attached hydrogens (tertiary/aromatic N) is 2. The zero-order valence-corrected chi connectivity index (χ0v) is 10.6. The second kappa shape index (κ2) is 5.14. The molecule has 0 bridgehead atoms. The van der Waals surface area contributed by atoms with E-state index in [1.54, 1.807) is 28.4 Å². The third-order valence-corrected chi connectivity index (χ3v) is 3.68. The molecule has 1 N–H and O–H groups in total. The number of thiophene rings is 1. The van der Waals surface area contributed by atoms with Crippen LogP contribution in [0.25, 0.3) is 0 Å². The second-order valence-corrected chi connectivity index (χ2v) is 4.89. The van der Waals surface area contributed by atoms with Crippen LogP contribution in [0.5, 0.6) is 0 Å². The molecule has 90 valence electrons. The fraction of sp³-hybridized carbons (Fsp3) is 0.333. The van der Waals surface area contributed by atoms with Gasteiger partial charge in [0, 0.05) is 17.3 Å². The summed E-state index contributed by atoms with van der Waals surface area (Å²) in [4.78, 5) is 13.1. The summed E-state index contributed by atoms with van der Waals surface area (Å²) in [5.74, 6) is -0.0189. The molecule has 4 nitrogen and oxygen atoms in total. The van der Waals surface area contributed by atoms with E-state index in [1.807, 2.05) is 37.4 Å². The first kappa shape index (κ1) is 11.9. The van der Waals surface area contributed by atoms with E-state index in [1.165, 1.54) is 0 Å². The van der Waals surface area contributed by atoms with Gasteiger partial charge < -0.3 is 5.32 Å². The monoisotopic (exact) mass is 249 g/mol. The number of nitrogens with one attached hydrogen (secondary N) is 1. The molecule has 0 unspecified atom stereocenters. The first-order chi connectivity index (χ1) is 8.18. The number of hydrogen-bond acceptors (Lipinski definition) is 3. The summed E-state index contributed by atoms with van der Waals surface area (Å²) in [7, 11) is 0. The maximum absolute atomic E-state index is 12.0. The van der Waals surface area contributed by atoms with Crippen molar-refractivity contribution in [2.24, 2.45) is 0 Å². The Hall–Kier alpha value is -1.62. The van der Waals surface area contributed by atoms with Crippen LogP contribution in [-0.4, -0.2) is 15.7 Å². The van der Waals surface area contributed by atoms with Gasteiger partial charge in [0.2, 0.25) is 5.91 Å². The summed E-state index contributed by atoms with van der Waals surface area (Å²) in [6.45, 7) is 3.82. The minimum atomic E-state index is -0.285. The van der Waals surface area contributed by atoms with E-state index in [2.05, 4.69) is 10.4 Å². The standard InChI is InChI=1S/C12H15N3OS/c1-9(11-5-3-8-17-11)14-12(16)10(2)15-7-4-6-13-15/h3-10H,1-2H3,(H,14,16)/t9-,10-/m1/s1. The Labute approximate surface area is 104 Å². The molecule has 0 fully saturated rings. The van der Waals surface area contributed by atoms with E-state index in [-0.39, 0.29) is 18.0 Å². The molecule has 0 aliphatic rings. The molecular formula is C12H15N3OS. The molecule has 0 aliphatic heterocycles. The predicted molar refractivity (Wildman–Crippen MR) is 67.8 cm³/mol. The van der Waals surface area contributed by atoms with Crippen LogP contribution in [0.3, 0.4) is 0 Å². The first-order valence-electron chi connectivity index (χ1n) is 5.51. The van der Waals surface area contributed by atoms with Crippen LogP contribution in [0.1, 0.15) is 30.8 Å². The number of carbonyl (C=O) groups is 1. The van der Waals surface area contributed by atoms with Crippen molar-refractivity contribution in [2.75, 3.05) is 0 Å². The lowest BCUT2D eigenvalue weighted by atomic mass is 10.2. The highest BCUT2D eigenvalue weighted by atomic mass is 32.1. The SMILES string of the molecule is C[C@H](C(=O)N[C@H](C)c1cccs1)n1cccn1. The zero-order valence-electron chi connectivity index (χ0n) is 9.83. The molecule has 2 rings (SSSR count). The van der Waals surface area contributed by atoms with Crippen LogP contribution in [0.15, 0.2) is 36.0 Å². The van der Waals surface area contributed by atoms with Gasteiger partial charge >= 0.3 is 0 Å². The molecule has 0 aromatic carbocycles. The largest absolute Gasteiger partial charge is 0.347 e. The van der Waals surface area contributed by atoms with Gasteiger partial charge in [0.1, 0.15) is 6.04 Å². The van der Waals surface area contributed by atoms with Gasteiger partial charge in [-0.1, -0.05) is 6.07 Å². The Morgan fingerprint density at radius 3 is 2.88 bits per heavy atom. The fourth-order valence-electron chi connectivity index (χ4n) is 1.57. The average molecular weight is 249 g/mol. The Morgan fingerprint density at radius 1 is 1.47 bits per heavy atom. The minimum absolute atomic E-state index is 0.0189. The van der Waals surface area contributed by atoms with E-state index >= 15 is 0 Å². The number of aromatic nitrogens is 2. The highest BCUT2D eigenvalue weighted by molar-refractivity contribution is 7.10. The minimum Gasteiger partial charge on any atom is -0.347 e. The van der Waals surface area contributed by atoms with E-state index in [4.69, 9.17) is 0 Å². The van der Waals surface area contributed by atoms with Crippen LogP contribution >= 0.6 is 11.3 Å². The van der Waals surface area contributed by atoms with Gasteiger partial charge in [-0.15, -0.1) is 11.3 Å². The van der Waals surface area contributed by atoms with Crippen molar-refractivity contribution in [1.82, 2.24) is 15.1 Å². The van der Waals surface area contributed by atoms with E-state index in [0.29, 0.717) is 0 Å². The molecule has 0 spiro atoms. The summed E-state index contributed by atoms with van der Waals surface area (Å²) in [5, 5.41) is 9.06. The average Bonchev–Trinajstić information content (AvgIpc) is 3.00. The molecule has 5 heteroatoms. The van der Waals surface area contributed by atoms with Gasteiger partial charge in [0.15, 0.2) is 0 Å². The molecule has 0 radical (unpaired) electrons. The smallest absolute Gasteiger partial charge is 0.245 e. The highest BCUT2D eigenvalue weighted by Gasteiger charge is 2.17. The molecule has 2 aromatic rings. The molecule has 0 saturated heterocycles. The van der Waals surface area contributed by atoms with Gasteiger partial charge in [-0.2, -0.15) is 5.10 Å². The van der Waals surface area contributed by atoms with Crippen molar-refractivity contribution in [3.8, 4) is 0 Å². The van der Waals surface area contributed by atoms with Gasteiger partial charge in [-0.25, -0.2) is 0 Å². The van der Waals surface area contributed by atoms with Gasteiger partial charge in [-0.05, 0) is 31.4 Å². The van der Waals surface area contributed by atoms with Crippen molar-refractivity contribution in [1.29, 1.82) is 0 Å². The van der Waals surface area contributed by atoms with Crippen LogP contribution in [0, 0.1) is 0 Å². The Kier molecular flexibility index (Phi) is 3.58. The zero-order chi connectivity index (χ0) is 12.3. The van der Waals surface area contributed by atoms with Crippen LogP contribution in [0.4, 0.5) is 0 Å². The van der Waals surface area contributed by atoms with E-state index in [0.717, 1.165) is 4.88 Å². The maximum atomic E-state index is 12.0. The van der Waals surface area contributed by atoms with Crippen molar-refractivity contribution >= 4 is 17.2 Å². The molecule has 2 aromatic heterocycles. The van der Waals surface area contributed by atoms with Crippen molar-refractivity contribution in [2.45, 2.75) is 25.9 Å². The van der Waals surface area contributed by atoms with Crippen molar-refractivity contribution in [3.63, 3.8) is 0 Å². The van der Waals surface area contributed by atoms with Crippen LogP contribution in [-0.2, 0) is 4.79 Å². The fourth-order valence-corrected chi connectivity index (χ4v) is 2.31. The van der Waals surface area contributed by atoms with Crippen molar-refractivity contribution < 1.29 is 4.79 Å². The van der Waals surface area contributed by atoms with E-state index in [9.17, 15) is 4.79 Å². The highest BCUT2D eigenvalue weighted by Crippen LogP contribution is 2.18. The second-order valence-electron chi connectivity index (χ2n) is 3.91. The molecule has 2 heterocycles. The van der Waals surface area contributed by atoms with Crippen LogP contribution in [0.2, 0.25) is 0 Å². The lowest BCUT2D eigenvalue weighted by Gasteiger charge is -2.16. The third kappa shape index (κ3) is 2.74. The lowest BCUT2D eigenvalue weighted by molar-refractivity contribution is -0.124. The van der Waals surface area contributed by atoms with Crippen LogP contribution < -0.4 is 5.32 Å². The predicted octanol–water partition coefficient (Wildman–Crippen LogP) is 2.38. The lowest BCUT2D eigenvalue weighted by Crippen LogP contribution is -2.32. The summed E-state index contributed by atoms with van der Waals surface area (Å²) < 4.78 is 1.65. The number of rotatable bonds is 4. The quantitative estimate of drug-likeness (QED) is 0.904. The molecule has 17 heavy (non-hydrogen) atoms. The summed E-state index contributed by atoms with van der Waals surface area (Å²) in [6.07, 6.45) is 3.46. The third-order valence-electron chi connectivity index (χ3n) is 2.63. The maximum Gasteiger partial charge on any atom is 0.245 e. The summed E-state index contributed by atoms with van der Waals surface area (Å²) >= 11 is 1.65. The van der Waals surface area contributed by atoms with Crippen molar-refractivity contribution in [3.05, 3.63) is 40.8 Å².